The third-order valence-electron chi connectivity index (χ3n) is 12.6. The number of aliphatic hydroxyl groups excluding tert-OH is 1. The number of carboxylic acid groups (broad SMARTS) is 4. The molecule has 16 nitrogen and oxygen atoms in total. The zero-order chi connectivity index (χ0) is 57.9. The maximum atomic E-state index is 13.9. The van der Waals surface area contributed by atoms with Gasteiger partial charge in [-0.05, 0) is 111 Å². The molecule has 2 aliphatic carbocycles. The molecular weight excluding hydrogens is 963 g/mol. The van der Waals surface area contributed by atoms with E-state index < -0.39 is 53.1 Å². The molecule has 1 saturated carbocycles. The van der Waals surface area contributed by atoms with Gasteiger partial charge in [0.05, 0.1) is 41.8 Å². The summed E-state index contributed by atoms with van der Waals surface area (Å²) in [6.07, 6.45) is 10.6. The second-order valence-corrected chi connectivity index (χ2v) is 21.2. The van der Waals surface area contributed by atoms with E-state index in [9.17, 15) is 39.0 Å². The minimum Gasteiger partial charge on any atom is -0.481 e. The van der Waals surface area contributed by atoms with Crippen LogP contribution in [0.15, 0.2) is 102 Å². The molecule has 7 atom stereocenters. The maximum absolute atomic E-state index is 13.9. The fourth-order valence-electron chi connectivity index (χ4n) is 9.45. The SMILES string of the molecule is C#C.CC(=O)O.CC(C)(C)CC(C)(C)CC(=O)O.CC/C1=C(/C)CC[C@@](C)(O)CC2[C@@H]3CO[C@@H]3C[C@H](O)[C@@]2(C)C(=O)[C@@H]1OC(C)=O.NC(=O)c1ccccc1.O=C(O)CCc1ccccc1.O=C(O)c1ccccc1. The molecular formula is C59H83NO15. The number of carbonyl (C=O) groups is 7. The van der Waals surface area contributed by atoms with Gasteiger partial charge in [-0.2, -0.15) is 0 Å². The summed E-state index contributed by atoms with van der Waals surface area (Å²) in [6.45, 7) is 20.8. The lowest BCUT2D eigenvalue weighted by atomic mass is 9.53. The highest BCUT2D eigenvalue weighted by atomic mass is 16.5. The van der Waals surface area contributed by atoms with Crippen molar-refractivity contribution < 1.29 is 73.7 Å². The van der Waals surface area contributed by atoms with E-state index in [2.05, 4.69) is 33.6 Å². The van der Waals surface area contributed by atoms with Crippen LogP contribution in [0, 0.1) is 40.9 Å². The van der Waals surface area contributed by atoms with E-state index in [0.29, 0.717) is 56.3 Å². The molecule has 414 valence electrons. The number of esters is 1. The van der Waals surface area contributed by atoms with Gasteiger partial charge in [0, 0.05) is 38.2 Å². The average Bonchev–Trinajstić information content (AvgIpc) is 3.31. The Kier molecular flexibility index (Phi) is 29.7. The molecule has 3 aromatic carbocycles. The fraction of sp³-hybridized carbons (Fsp3) is 0.508. The van der Waals surface area contributed by atoms with E-state index in [4.69, 9.17) is 40.4 Å². The number of benzene rings is 3. The summed E-state index contributed by atoms with van der Waals surface area (Å²) in [5.74, 6) is -4.40. The van der Waals surface area contributed by atoms with Crippen molar-refractivity contribution in [1.29, 1.82) is 0 Å². The van der Waals surface area contributed by atoms with Crippen molar-refractivity contribution in [2.24, 2.45) is 33.8 Å². The van der Waals surface area contributed by atoms with Gasteiger partial charge in [-0.1, -0.05) is 114 Å². The first kappa shape index (κ1) is 68.3. The first-order chi connectivity index (χ1) is 34.8. The number of nitrogens with two attached hydrogens (primary N) is 1. The van der Waals surface area contributed by atoms with Crippen LogP contribution >= 0.6 is 0 Å². The number of hydrogen-bond donors (Lipinski definition) is 7. The van der Waals surface area contributed by atoms with Crippen LogP contribution in [0.25, 0.3) is 0 Å². The normalized spacial score (nSPS) is 23.5. The largest absolute Gasteiger partial charge is 0.481 e. The third-order valence-corrected chi connectivity index (χ3v) is 12.6. The quantitative estimate of drug-likeness (QED) is 0.0565. The van der Waals surface area contributed by atoms with Gasteiger partial charge in [0.15, 0.2) is 11.9 Å². The number of allylic oxidation sites excluding steroid dienone is 1. The Labute approximate surface area is 443 Å². The Morgan fingerprint density at radius 1 is 0.800 bits per heavy atom. The highest BCUT2D eigenvalue weighted by Crippen LogP contribution is 2.54. The highest BCUT2D eigenvalue weighted by Gasteiger charge is 2.61. The molecule has 3 aliphatic rings. The van der Waals surface area contributed by atoms with E-state index in [1.165, 1.54) is 6.92 Å². The lowest BCUT2D eigenvalue weighted by Crippen LogP contribution is -2.65. The summed E-state index contributed by atoms with van der Waals surface area (Å²) >= 11 is 0. The van der Waals surface area contributed by atoms with Crippen LogP contribution in [0.4, 0.5) is 0 Å². The van der Waals surface area contributed by atoms with Gasteiger partial charge in [0.2, 0.25) is 5.91 Å². The van der Waals surface area contributed by atoms with Crippen molar-refractivity contribution in [3.8, 4) is 12.8 Å². The van der Waals surface area contributed by atoms with Gasteiger partial charge in [-0.15, -0.1) is 12.8 Å². The number of rotatable bonds is 10. The summed E-state index contributed by atoms with van der Waals surface area (Å²) in [7, 11) is 0. The highest BCUT2D eigenvalue weighted by molar-refractivity contribution is 5.94. The molecule has 2 fully saturated rings. The summed E-state index contributed by atoms with van der Waals surface area (Å²) in [4.78, 5) is 76.0. The summed E-state index contributed by atoms with van der Waals surface area (Å²) in [5.41, 5.74) is 6.76. The van der Waals surface area contributed by atoms with Crippen LogP contribution in [0.5, 0.6) is 0 Å². The Morgan fingerprint density at radius 3 is 1.64 bits per heavy atom. The Balaban J connectivity index is 0.000000972. The Bertz CT molecular complexity index is 2260. The van der Waals surface area contributed by atoms with Crippen LogP contribution in [-0.4, -0.2) is 103 Å². The van der Waals surface area contributed by atoms with Crippen molar-refractivity contribution in [2.75, 3.05) is 6.61 Å². The molecule has 0 radical (unpaired) electrons. The smallest absolute Gasteiger partial charge is 0.335 e. The number of Topliss-reactive ketones (excluding diaryl/α,β-unsaturated/α-hetero) is 1. The molecule has 1 heterocycles. The first-order valence-electron chi connectivity index (χ1n) is 24.8. The number of aliphatic hydroxyl groups is 2. The molecule has 16 heteroatoms. The molecule has 0 bridgehead atoms. The lowest BCUT2D eigenvalue weighted by Gasteiger charge is -2.57. The minimum absolute atomic E-state index is 0.0743. The zero-order valence-electron chi connectivity index (χ0n) is 45.7. The van der Waals surface area contributed by atoms with Gasteiger partial charge >= 0.3 is 23.9 Å². The molecule has 8 N–H and O–H groups in total. The maximum Gasteiger partial charge on any atom is 0.335 e. The number of aliphatic carboxylic acids is 3. The lowest BCUT2D eigenvalue weighted by molar-refractivity contribution is -0.232. The number of aromatic carboxylic acids is 1. The number of fused-ring (bicyclic) bond motifs is 3. The molecule has 75 heavy (non-hydrogen) atoms. The number of amides is 1. The van der Waals surface area contributed by atoms with E-state index in [1.54, 1.807) is 61.5 Å². The summed E-state index contributed by atoms with van der Waals surface area (Å²) in [5, 5.41) is 55.0. The molecule has 1 unspecified atom stereocenters. The van der Waals surface area contributed by atoms with E-state index >= 15 is 0 Å². The number of primary amides is 1. The number of carbonyl (C=O) groups excluding carboxylic acids is 3. The van der Waals surface area contributed by atoms with Crippen molar-refractivity contribution in [3.63, 3.8) is 0 Å². The van der Waals surface area contributed by atoms with Crippen LogP contribution in [0.3, 0.4) is 0 Å². The Hall–Kier alpha value is -6.67. The number of hydrogen-bond acceptors (Lipinski definition) is 11. The van der Waals surface area contributed by atoms with Crippen molar-refractivity contribution in [1.82, 2.24) is 0 Å². The molecule has 1 aliphatic heterocycles. The molecule has 1 amide bonds. The van der Waals surface area contributed by atoms with Gasteiger partial charge in [-0.3, -0.25) is 28.8 Å². The topological polar surface area (TPSA) is 285 Å². The second kappa shape index (κ2) is 32.6. The van der Waals surface area contributed by atoms with Gasteiger partial charge in [0.25, 0.3) is 5.97 Å². The molecule has 0 aromatic heterocycles. The van der Waals surface area contributed by atoms with Crippen LogP contribution in [0.2, 0.25) is 0 Å². The van der Waals surface area contributed by atoms with Crippen LogP contribution in [-0.2, 0) is 39.9 Å². The van der Waals surface area contributed by atoms with Gasteiger partial charge in [-0.25, -0.2) is 4.79 Å². The first-order valence-corrected chi connectivity index (χ1v) is 24.8. The fourth-order valence-corrected chi connectivity index (χ4v) is 9.45. The van der Waals surface area contributed by atoms with Crippen molar-refractivity contribution in [2.45, 2.75) is 158 Å². The summed E-state index contributed by atoms with van der Waals surface area (Å²) < 4.78 is 11.2. The monoisotopic (exact) mass is 1050 g/mol. The van der Waals surface area contributed by atoms with Gasteiger partial charge in [0.1, 0.15) is 0 Å². The average molecular weight is 1050 g/mol. The van der Waals surface area contributed by atoms with E-state index in [1.807, 2.05) is 71.0 Å². The third kappa shape index (κ3) is 25.9. The van der Waals surface area contributed by atoms with Crippen LogP contribution in [0.1, 0.15) is 154 Å². The molecule has 3 aromatic rings. The standard InChI is InChI=1S/C22H34O6.C10H20O2.C9H10O2.C7H7NO.C7H6O2.C2H4O2.C2H2/c1-6-14-12(2)7-8-21(4,26)10-16-15-11-27-17(15)9-18(24)22(16,5)20(25)19(14)28-13(3)23;1-9(2,3)7-10(4,5)6-8(11)12;10-9(11)7-6-8-4-2-1-3-5-8;2*8-7(9)6-4-2-1-3-5-6;1-2(3)4;1-2/h15-19,24,26H,6-11H2,1-5H3;6-7H2,1-5H3,(H,11,12);1-5H,6-7H2,(H,10,11);1-5H,(H2,8,9);1-5H,(H,8,9);1H3,(H,3,4);1-2H/b14-12+;;;;;;/t15-,16?,17+,18-,19+,21+,22-;;;;;;/m0....../s1. The van der Waals surface area contributed by atoms with Gasteiger partial charge < -0.3 is 45.8 Å². The van der Waals surface area contributed by atoms with Crippen molar-refractivity contribution in [3.05, 3.63) is 119 Å². The number of aryl methyl sites for hydroxylation is 1. The second-order valence-electron chi connectivity index (χ2n) is 21.2. The zero-order valence-corrected chi connectivity index (χ0v) is 45.7. The number of terminal acetylenes is 1. The number of ketones is 1. The molecule has 1 saturated heterocycles. The minimum atomic E-state index is -1.10. The predicted molar refractivity (Wildman–Crippen MR) is 288 cm³/mol. The Morgan fingerprint density at radius 2 is 1.28 bits per heavy atom. The van der Waals surface area contributed by atoms with E-state index in [-0.39, 0.29) is 53.3 Å². The predicted octanol–water partition coefficient (Wildman–Crippen LogP) is 9.69. The van der Waals surface area contributed by atoms with Crippen LogP contribution < -0.4 is 5.73 Å². The summed E-state index contributed by atoms with van der Waals surface area (Å²) in [6, 6.07) is 26.7. The van der Waals surface area contributed by atoms with Crippen molar-refractivity contribution >= 4 is 41.5 Å². The van der Waals surface area contributed by atoms with E-state index in [0.717, 1.165) is 30.1 Å². The molecule has 0 spiro atoms. The number of carboxylic acids is 4. The number of ether oxygens (including phenoxy) is 2. The molecule has 6 rings (SSSR count).